The Hall–Kier alpha value is -2.80. The van der Waals surface area contributed by atoms with Gasteiger partial charge in [-0.05, 0) is 32.1 Å². The lowest BCUT2D eigenvalue weighted by atomic mass is 10.1. The monoisotopic (exact) mass is 355 g/mol. The summed E-state index contributed by atoms with van der Waals surface area (Å²) >= 11 is 5.23. The lowest BCUT2D eigenvalue weighted by molar-refractivity contribution is 0.0603. The third kappa shape index (κ3) is 2.98. The van der Waals surface area contributed by atoms with E-state index in [9.17, 15) is 9.59 Å². The molecule has 0 spiro atoms. The number of aromatic amines is 1. The average Bonchev–Trinajstić information content (AvgIpc) is 2.61. The maximum atomic E-state index is 12.4. The Morgan fingerprint density at radius 2 is 2.00 bits per heavy atom. The van der Waals surface area contributed by atoms with Crippen molar-refractivity contribution in [3.63, 3.8) is 0 Å². The largest absolute Gasteiger partial charge is 0.465 e. The molecule has 3 rings (SSSR count). The number of fused-ring (bicyclic) bond motifs is 1. The van der Waals surface area contributed by atoms with Crippen LogP contribution >= 0.6 is 12.2 Å². The quantitative estimate of drug-likeness (QED) is 0.576. The number of aromatic nitrogens is 3. The second-order valence-electron chi connectivity index (χ2n) is 5.61. The van der Waals surface area contributed by atoms with Gasteiger partial charge < -0.3 is 9.30 Å². The molecule has 0 bridgehead atoms. The predicted octanol–water partition coefficient (Wildman–Crippen LogP) is 3.24. The first-order chi connectivity index (χ1) is 12.0. The van der Waals surface area contributed by atoms with E-state index >= 15 is 0 Å². The minimum absolute atomic E-state index is 0.168. The lowest BCUT2D eigenvalue weighted by Gasteiger charge is -2.12. The standard InChI is InChI=1S/C18H17N3O3S/c1-4-21-15-14(16(22)20-18(21)25)12(17(23)24-3)9-13(19-15)11-7-5-10(2)6-8-11/h5-9H,4H2,1-3H3,(H,20,22,25). The van der Waals surface area contributed by atoms with E-state index in [1.807, 2.05) is 38.1 Å². The summed E-state index contributed by atoms with van der Waals surface area (Å²) in [5, 5.41) is 0.179. The Morgan fingerprint density at radius 1 is 1.32 bits per heavy atom. The first-order valence-corrected chi connectivity index (χ1v) is 8.20. The second-order valence-corrected chi connectivity index (χ2v) is 6.00. The van der Waals surface area contributed by atoms with Gasteiger partial charge in [0.15, 0.2) is 4.77 Å². The molecule has 0 unspecified atom stereocenters. The number of rotatable bonds is 3. The third-order valence-electron chi connectivity index (χ3n) is 4.02. The van der Waals surface area contributed by atoms with Crippen molar-refractivity contribution in [1.29, 1.82) is 0 Å². The summed E-state index contributed by atoms with van der Waals surface area (Å²) in [7, 11) is 1.28. The molecule has 3 aromatic rings. The maximum absolute atomic E-state index is 12.4. The molecule has 0 aliphatic carbocycles. The zero-order chi connectivity index (χ0) is 18.1. The molecule has 0 fully saturated rings. The van der Waals surface area contributed by atoms with Crippen LogP contribution in [0.15, 0.2) is 35.1 Å². The highest BCUT2D eigenvalue weighted by Crippen LogP contribution is 2.24. The van der Waals surface area contributed by atoms with Crippen molar-refractivity contribution in [2.75, 3.05) is 7.11 Å². The van der Waals surface area contributed by atoms with Crippen LogP contribution < -0.4 is 5.56 Å². The Bertz CT molecular complexity index is 1080. The number of carbonyl (C=O) groups excluding carboxylic acids is 1. The van der Waals surface area contributed by atoms with E-state index < -0.39 is 11.5 Å². The Morgan fingerprint density at radius 3 is 2.60 bits per heavy atom. The number of benzene rings is 1. The highest BCUT2D eigenvalue weighted by Gasteiger charge is 2.19. The molecule has 128 valence electrons. The van der Waals surface area contributed by atoms with Gasteiger partial charge in [-0.3, -0.25) is 9.78 Å². The van der Waals surface area contributed by atoms with Gasteiger partial charge in [0.05, 0.1) is 23.8 Å². The summed E-state index contributed by atoms with van der Waals surface area (Å²) < 4.78 is 6.82. The molecule has 0 aliphatic heterocycles. The molecule has 1 N–H and O–H groups in total. The van der Waals surface area contributed by atoms with Gasteiger partial charge in [0, 0.05) is 12.1 Å². The molecule has 0 saturated carbocycles. The third-order valence-corrected chi connectivity index (χ3v) is 4.34. The molecule has 6 nitrogen and oxygen atoms in total. The van der Waals surface area contributed by atoms with Gasteiger partial charge in [0.1, 0.15) is 5.65 Å². The molecule has 0 atom stereocenters. The van der Waals surface area contributed by atoms with Crippen molar-refractivity contribution in [3.8, 4) is 11.3 Å². The first-order valence-electron chi connectivity index (χ1n) is 7.79. The molecule has 2 heterocycles. The number of carbonyl (C=O) groups is 1. The number of esters is 1. The van der Waals surface area contributed by atoms with Crippen LogP contribution in [0, 0.1) is 11.7 Å². The van der Waals surface area contributed by atoms with Crippen molar-refractivity contribution >= 4 is 29.2 Å². The van der Waals surface area contributed by atoms with Gasteiger partial charge in [-0.2, -0.15) is 0 Å². The molecule has 0 aliphatic rings. The molecular formula is C18H17N3O3S. The normalized spacial score (nSPS) is 10.8. The number of hydrogen-bond acceptors (Lipinski definition) is 5. The van der Waals surface area contributed by atoms with Crippen LogP contribution in [0.2, 0.25) is 0 Å². The molecule has 0 radical (unpaired) electrons. The van der Waals surface area contributed by atoms with E-state index in [1.165, 1.54) is 7.11 Å². The smallest absolute Gasteiger partial charge is 0.338 e. The molecule has 7 heteroatoms. The van der Waals surface area contributed by atoms with Gasteiger partial charge in [-0.25, -0.2) is 9.78 Å². The van der Waals surface area contributed by atoms with Gasteiger partial charge >= 0.3 is 5.97 Å². The topological polar surface area (TPSA) is 77.0 Å². The van der Waals surface area contributed by atoms with Gasteiger partial charge in [0.2, 0.25) is 0 Å². The minimum atomic E-state index is -0.592. The highest BCUT2D eigenvalue weighted by molar-refractivity contribution is 7.71. The SMILES string of the molecule is CCn1c(=S)[nH]c(=O)c2c(C(=O)OC)cc(-c3ccc(C)cc3)nc21. The minimum Gasteiger partial charge on any atom is -0.465 e. The number of nitrogens with one attached hydrogen (secondary N) is 1. The highest BCUT2D eigenvalue weighted by atomic mass is 32.1. The number of aryl methyl sites for hydroxylation is 2. The molecule has 0 amide bonds. The number of ether oxygens (including phenoxy) is 1. The molecule has 0 saturated heterocycles. The molecule has 25 heavy (non-hydrogen) atoms. The number of H-pyrrole nitrogens is 1. The molecule has 1 aromatic carbocycles. The van der Waals surface area contributed by atoms with Crippen LogP contribution in [0.5, 0.6) is 0 Å². The van der Waals surface area contributed by atoms with Crippen molar-refractivity contribution in [3.05, 3.63) is 56.6 Å². The van der Waals surface area contributed by atoms with Crippen molar-refractivity contribution in [2.24, 2.45) is 0 Å². The number of pyridine rings is 1. The maximum Gasteiger partial charge on any atom is 0.338 e. The number of nitrogens with zero attached hydrogens (tertiary/aromatic N) is 2. The Balaban J connectivity index is 2.45. The number of methoxy groups -OCH3 is 1. The van der Waals surface area contributed by atoms with Crippen molar-refractivity contribution < 1.29 is 9.53 Å². The van der Waals surface area contributed by atoms with E-state index in [2.05, 4.69) is 9.97 Å². The van der Waals surface area contributed by atoms with Gasteiger partial charge in [0.25, 0.3) is 5.56 Å². The van der Waals surface area contributed by atoms with E-state index in [4.69, 9.17) is 17.0 Å². The second kappa shape index (κ2) is 6.60. The van der Waals surface area contributed by atoms with Crippen LogP contribution in [-0.4, -0.2) is 27.6 Å². The summed E-state index contributed by atoms with van der Waals surface area (Å²) in [5.41, 5.74) is 2.62. The summed E-state index contributed by atoms with van der Waals surface area (Å²) in [6, 6.07) is 9.34. The molecule has 2 aromatic heterocycles. The Labute approximate surface area is 149 Å². The fourth-order valence-electron chi connectivity index (χ4n) is 2.71. The summed E-state index contributed by atoms with van der Waals surface area (Å²) in [5.74, 6) is -0.592. The average molecular weight is 355 g/mol. The van der Waals surface area contributed by atoms with Crippen LogP contribution in [0.25, 0.3) is 22.3 Å². The fraction of sp³-hybridized carbons (Fsp3) is 0.222. The number of hydrogen-bond donors (Lipinski definition) is 1. The zero-order valence-corrected chi connectivity index (χ0v) is 14.9. The fourth-order valence-corrected chi connectivity index (χ4v) is 3.02. The Kier molecular flexibility index (Phi) is 4.50. The van der Waals surface area contributed by atoms with Gasteiger partial charge in [-0.15, -0.1) is 0 Å². The van der Waals surface area contributed by atoms with Gasteiger partial charge in [-0.1, -0.05) is 29.8 Å². The van der Waals surface area contributed by atoms with E-state index in [0.717, 1.165) is 11.1 Å². The predicted molar refractivity (Wildman–Crippen MR) is 98.4 cm³/mol. The van der Waals surface area contributed by atoms with E-state index in [0.29, 0.717) is 17.9 Å². The van der Waals surface area contributed by atoms with Crippen LogP contribution in [0.1, 0.15) is 22.8 Å². The van der Waals surface area contributed by atoms with Crippen LogP contribution in [0.3, 0.4) is 0 Å². The van der Waals surface area contributed by atoms with E-state index in [1.54, 1.807) is 10.6 Å². The van der Waals surface area contributed by atoms with E-state index in [-0.39, 0.29) is 15.7 Å². The van der Waals surface area contributed by atoms with Crippen LogP contribution in [0.4, 0.5) is 0 Å². The van der Waals surface area contributed by atoms with Crippen LogP contribution in [-0.2, 0) is 11.3 Å². The summed E-state index contributed by atoms with van der Waals surface area (Å²) in [6.45, 7) is 4.40. The van der Waals surface area contributed by atoms with Crippen molar-refractivity contribution in [1.82, 2.24) is 14.5 Å². The summed E-state index contributed by atoms with van der Waals surface area (Å²) in [4.78, 5) is 31.9. The van der Waals surface area contributed by atoms with Crippen molar-refractivity contribution in [2.45, 2.75) is 20.4 Å². The molecular weight excluding hydrogens is 338 g/mol. The zero-order valence-electron chi connectivity index (χ0n) is 14.1. The lowest BCUT2D eigenvalue weighted by Crippen LogP contribution is -2.19. The first kappa shape index (κ1) is 17.0. The summed E-state index contributed by atoms with van der Waals surface area (Å²) in [6.07, 6.45) is 0.